The predicted molar refractivity (Wildman–Crippen MR) is 61.1 cm³/mol. The Balaban J connectivity index is 1.86. The molecule has 1 N–H and O–H groups in total. The Labute approximate surface area is 92.8 Å². The third-order valence-electron chi connectivity index (χ3n) is 2.03. The summed E-state index contributed by atoms with van der Waals surface area (Å²) in [4.78, 5) is 4.90. The highest BCUT2D eigenvalue weighted by Gasteiger charge is 1.99. The van der Waals surface area contributed by atoms with Crippen LogP contribution in [-0.2, 0) is 6.54 Å². The fraction of sp³-hybridized carbons (Fsp3) is 0.182. The van der Waals surface area contributed by atoms with Crippen LogP contribution in [0, 0.1) is 0 Å². The van der Waals surface area contributed by atoms with Gasteiger partial charge in [-0.2, -0.15) is 0 Å². The number of hydrogen-bond acceptors (Lipinski definition) is 3. The number of phenols is 1. The molecule has 0 saturated heterocycles. The van der Waals surface area contributed by atoms with E-state index in [1.54, 1.807) is 30.4 Å². The lowest BCUT2D eigenvalue weighted by molar-refractivity contribution is 0.462. The van der Waals surface area contributed by atoms with Gasteiger partial charge in [0.05, 0.1) is 6.33 Å². The largest absolute Gasteiger partial charge is 0.507 e. The van der Waals surface area contributed by atoms with Gasteiger partial charge >= 0.3 is 0 Å². The van der Waals surface area contributed by atoms with Gasteiger partial charge in [0.15, 0.2) is 0 Å². The van der Waals surface area contributed by atoms with Crippen LogP contribution < -0.4 is 0 Å². The molecule has 2 rings (SSSR count). The van der Waals surface area contributed by atoms with E-state index < -0.39 is 0 Å². The molecule has 0 aliphatic heterocycles. The number of hydrogen-bond donors (Lipinski definition) is 1. The highest BCUT2D eigenvalue weighted by atomic mass is 32.2. The normalized spacial score (nSPS) is 10.4. The van der Waals surface area contributed by atoms with E-state index in [1.807, 2.05) is 29.0 Å². The van der Waals surface area contributed by atoms with E-state index in [0.717, 1.165) is 17.2 Å². The van der Waals surface area contributed by atoms with Crippen LogP contribution in [0.1, 0.15) is 0 Å². The maximum Gasteiger partial charge on any atom is 0.129 e. The first-order chi connectivity index (χ1) is 7.36. The summed E-state index contributed by atoms with van der Waals surface area (Å²) >= 11 is 1.65. The summed E-state index contributed by atoms with van der Waals surface area (Å²) in [7, 11) is 0. The number of para-hydroxylation sites is 1. The minimum Gasteiger partial charge on any atom is -0.507 e. The monoisotopic (exact) mass is 220 g/mol. The van der Waals surface area contributed by atoms with Gasteiger partial charge in [0, 0.05) is 29.6 Å². The van der Waals surface area contributed by atoms with Crippen LogP contribution in [0.15, 0.2) is 47.9 Å². The quantitative estimate of drug-likeness (QED) is 0.804. The highest BCUT2D eigenvalue weighted by molar-refractivity contribution is 7.99. The van der Waals surface area contributed by atoms with Crippen LogP contribution in [0.2, 0.25) is 0 Å². The maximum atomic E-state index is 9.53. The van der Waals surface area contributed by atoms with Gasteiger partial charge in [-0.15, -0.1) is 11.8 Å². The number of aromatic hydroxyl groups is 1. The summed E-state index contributed by atoms with van der Waals surface area (Å²) in [5, 5.41) is 9.53. The molecule has 0 fully saturated rings. The minimum atomic E-state index is 0.355. The number of phenolic OH excluding ortho intramolecular Hbond substituents is 1. The first-order valence-electron chi connectivity index (χ1n) is 4.73. The lowest BCUT2D eigenvalue weighted by Gasteiger charge is -2.04. The molecule has 3 nitrogen and oxygen atoms in total. The van der Waals surface area contributed by atoms with E-state index >= 15 is 0 Å². The fourth-order valence-electron chi connectivity index (χ4n) is 1.26. The van der Waals surface area contributed by atoms with Crippen molar-refractivity contribution in [2.24, 2.45) is 0 Å². The predicted octanol–water partition coefficient (Wildman–Crippen LogP) is 2.38. The average Bonchev–Trinajstić information content (AvgIpc) is 2.74. The third kappa shape index (κ3) is 2.76. The van der Waals surface area contributed by atoms with E-state index in [-0.39, 0.29) is 0 Å². The van der Waals surface area contributed by atoms with E-state index in [9.17, 15) is 5.11 Å². The number of rotatable bonds is 4. The second-order valence-electron chi connectivity index (χ2n) is 3.12. The molecule has 0 amide bonds. The van der Waals surface area contributed by atoms with Gasteiger partial charge in [-0.1, -0.05) is 12.1 Å². The van der Waals surface area contributed by atoms with Crippen LogP contribution >= 0.6 is 11.8 Å². The Morgan fingerprint density at radius 3 is 2.93 bits per heavy atom. The Kier molecular flexibility index (Phi) is 3.29. The fourth-order valence-corrected chi connectivity index (χ4v) is 2.17. The minimum absolute atomic E-state index is 0.355. The molecule has 0 saturated carbocycles. The lowest BCUT2D eigenvalue weighted by Crippen LogP contribution is -1.96. The number of benzene rings is 1. The van der Waals surface area contributed by atoms with E-state index in [0.29, 0.717) is 5.75 Å². The van der Waals surface area contributed by atoms with Crippen molar-refractivity contribution in [3.63, 3.8) is 0 Å². The molecule has 78 valence electrons. The first-order valence-corrected chi connectivity index (χ1v) is 5.71. The lowest BCUT2D eigenvalue weighted by atomic mass is 10.3. The summed E-state index contributed by atoms with van der Waals surface area (Å²) in [6, 6.07) is 7.39. The van der Waals surface area contributed by atoms with Crippen molar-refractivity contribution >= 4 is 11.8 Å². The molecule has 0 bridgehead atoms. The van der Waals surface area contributed by atoms with Gasteiger partial charge in [0.1, 0.15) is 5.75 Å². The van der Waals surface area contributed by atoms with Crippen LogP contribution in [0.4, 0.5) is 0 Å². The van der Waals surface area contributed by atoms with E-state index in [4.69, 9.17) is 0 Å². The Morgan fingerprint density at radius 2 is 2.20 bits per heavy atom. The highest BCUT2D eigenvalue weighted by Crippen LogP contribution is 2.27. The van der Waals surface area contributed by atoms with Crippen LogP contribution in [0.25, 0.3) is 0 Å². The van der Waals surface area contributed by atoms with Crippen molar-refractivity contribution < 1.29 is 5.11 Å². The Bertz CT molecular complexity index is 414. The SMILES string of the molecule is Oc1ccccc1SCCn1ccnc1. The summed E-state index contributed by atoms with van der Waals surface area (Å²) < 4.78 is 2.02. The molecule has 4 heteroatoms. The van der Waals surface area contributed by atoms with Crippen molar-refractivity contribution in [3.05, 3.63) is 43.0 Å². The molecule has 0 aliphatic carbocycles. The smallest absolute Gasteiger partial charge is 0.129 e. The second kappa shape index (κ2) is 4.89. The summed E-state index contributed by atoms with van der Waals surface area (Å²) in [5.41, 5.74) is 0. The van der Waals surface area contributed by atoms with Crippen LogP contribution in [0.5, 0.6) is 5.75 Å². The number of aryl methyl sites for hydroxylation is 1. The van der Waals surface area contributed by atoms with Crippen molar-refractivity contribution in [3.8, 4) is 5.75 Å². The zero-order valence-electron chi connectivity index (χ0n) is 8.21. The van der Waals surface area contributed by atoms with Crippen LogP contribution in [0.3, 0.4) is 0 Å². The Morgan fingerprint density at radius 1 is 1.33 bits per heavy atom. The molecule has 1 heterocycles. The van der Waals surface area contributed by atoms with Gasteiger partial charge in [-0.25, -0.2) is 4.98 Å². The van der Waals surface area contributed by atoms with Crippen LogP contribution in [-0.4, -0.2) is 20.4 Å². The molecule has 0 aliphatic rings. The molecule has 0 radical (unpaired) electrons. The molecule has 0 unspecified atom stereocenters. The molecular weight excluding hydrogens is 208 g/mol. The summed E-state index contributed by atoms with van der Waals surface area (Å²) in [6.07, 6.45) is 5.50. The Hall–Kier alpha value is -1.42. The molecule has 2 aromatic rings. The van der Waals surface area contributed by atoms with Gasteiger partial charge in [0.2, 0.25) is 0 Å². The van der Waals surface area contributed by atoms with Gasteiger partial charge < -0.3 is 9.67 Å². The molecule has 1 aromatic heterocycles. The van der Waals surface area contributed by atoms with Crippen molar-refractivity contribution in [1.29, 1.82) is 0 Å². The van der Waals surface area contributed by atoms with E-state index in [2.05, 4.69) is 4.98 Å². The zero-order valence-corrected chi connectivity index (χ0v) is 9.02. The topological polar surface area (TPSA) is 38.0 Å². The van der Waals surface area contributed by atoms with Crippen molar-refractivity contribution in [2.45, 2.75) is 11.4 Å². The van der Waals surface area contributed by atoms with E-state index in [1.165, 1.54) is 0 Å². The number of imidazole rings is 1. The number of thioether (sulfide) groups is 1. The van der Waals surface area contributed by atoms with Gasteiger partial charge in [-0.3, -0.25) is 0 Å². The average molecular weight is 220 g/mol. The standard InChI is InChI=1S/C11H12N2OS/c14-10-3-1-2-4-11(10)15-8-7-13-6-5-12-9-13/h1-6,9,14H,7-8H2. The third-order valence-corrected chi connectivity index (χ3v) is 3.07. The molecule has 0 spiro atoms. The first kappa shape index (κ1) is 10.1. The number of aromatic nitrogens is 2. The summed E-state index contributed by atoms with van der Waals surface area (Å²) in [5.74, 6) is 1.28. The van der Waals surface area contributed by atoms with Crippen molar-refractivity contribution in [2.75, 3.05) is 5.75 Å². The summed E-state index contributed by atoms with van der Waals surface area (Å²) in [6.45, 7) is 0.902. The molecule has 15 heavy (non-hydrogen) atoms. The maximum absolute atomic E-state index is 9.53. The molecular formula is C11H12N2OS. The van der Waals surface area contributed by atoms with Gasteiger partial charge in [0.25, 0.3) is 0 Å². The second-order valence-corrected chi connectivity index (χ2v) is 4.25. The van der Waals surface area contributed by atoms with Gasteiger partial charge in [-0.05, 0) is 12.1 Å². The molecule has 0 atom stereocenters. The van der Waals surface area contributed by atoms with Crippen molar-refractivity contribution in [1.82, 2.24) is 9.55 Å². The number of nitrogens with zero attached hydrogens (tertiary/aromatic N) is 2. The molecule has 1 aromatic carbocycles. The zero-order chi connectivity index (χ0) is 10.5.